The average Bonchev–Trinajstić information content (AvgIpc) is 2.88. The van der Waals surface area contributed by atoms with Gasteiger partial charge in [-0.2, -0.15) is 16.8 Å². The summed E-state index contributed by atoms with van der Waals surface area (Å²) in [7, 11) is -7.33. The van der Waals surface area contributed by atoms with Crippen LogP contribution in [0, 0.1) is 12.3 Å². The number of nitrogens with one attached hydrogen (secondary N) is 3. The van der Waals surface area contributed by atoms with Crippen molar-refractivity contribution in [2.24, 2.45) is 5.73 Å². The van der Waals surface area contributed by atoms with Crippen molar-refractivity contribution in [3.63, 3.8) is 0 Å². The number of aromatic amines is 1. The van der Waals surface area contributed by atoms with Gasteiger partial charge < -0.3 is 10.7 Å². The van der Waals surface area contributed by atoms with Gasteiger partial charge in [0.2, 0.25) is 0 Å². The van der Waals surface area contributed by atoms with Crippen LogP contribution in [-0.2, 0) is 20.2 Å². The minimum atomic E-state index is -3.67. The molecular weight excluding hydrogens is 485 g/mol. The molecule has 0 aliphatic carbocycles. The molecule has 0 fully saturated rings. The van der Waals surface area contributed by atoms with Crippen LogP contribution in [0.15, 0.2) is 18.2 Å². The summed E-state index contributed by atoms with van der Waals surface area (Å²) in [5, 5.41) is 9.98. The Balaban J connectivity index is 0.000000702. The molecule has 0 spiro atoms. The van der Waals surface area contributed by atoms with Crippen molar-refractivity contribution in [3.8, 4) is 11.4 Å². The van der Waals surface area contributed by atoms with Crippen molar-refractivity contribution in [1.82, 2.24) is 15.3 Å². The second kappa shape index (κ2) is 11.2. The molecule has 30 heavy (non-hydrogen) atoms. The Morgan fingerprint density at radius 1 is 1.17 bits per heavy atom. The maximum Gasteiger partial charge on any atom is 0.276 e. The molecule has 0 aliphatic rings. The zero-order valence-electron chi connectivity index (χ0n) is 15.8. The van der Waals surface area contributed by atoms with E-state index in [1.165, 1.54) is 0 Å². The summed E-state index contributed by atoms with van der Waals surface area (Å²) >= 11 is 12.1. The maximum atomic E-state index is 11.8. The predicted octanol–water partition coefficient (Wildman–Crippen LogP) is 1.32. The molecule has 0 aliphatic heterocycles. The lowest BCUT2D eigenvalue weighted by Crippen LogP contribution is -2.36. The van der Waals surface area contributed by atoms with E-state index in [1.807, 2.05) is 0 Å². The number of aryl methyl sites for hydroxylation is 1. The number of nitrogens with two attached hydrogens (primary N) is 1. The molecule has 0 atom stereocenters. The SMILES string of the molecule is CS(=O)(=O)O.CS(=O)(=O)O.Cc1nc(-c2cccc(Cl)c2Cl)[nH]c1C(=O)NC(=N)N. The number of nitrogens with zero attached hydrogens (tertiary/aromatic N) is 1. The first kappa shape index (κ1) is 27.8. The topological polar surface area (TPSA) is 216 Å². The molecule has 1 amide bonds. The van der Waals surface area contributed by atoms with Crippen molar-refractivity contribution in [1.29, 1.82) is 5.41 Å². The van der Waals surface area contributed by atoms with Gasteiger partial charge in [0.25, 0.3) is 26.1 Å². The highest BCUT2D eigenvalue weighted by atomic mass is 35.5. The van der Waals surface area contributed by atoms with Crippen LogP contribution in [0.5, 0.6) is 0 Å². The molecule has 2 rings (SSSR count). The number of carbonyl (C=O) groups is 1. The Bertz CT molecular complexity index is 1090. The lowest BCUT2D eigenvalue weighted by atomic mass is 10.2. The number of imidazole rings is 1. The zero-order chi connectivity index (χ0) is 23.9. The third-order valence-electron chi connectivity index (χ3n) is 2.57. The molecule has 1 heterocycles. The summed E-state index contributed by atoms with van der Waals surface area (Å²) in [6.45, 7) is 1.66. The third kappa shape index (κ3) is 12.4. The van der Waals surface area contributed by atoms with Crippen LogP contribution >= 0.6 is 23.2 Å². The van der Waals surface area contributed by atoms with Gasteiger partial charge in [0.05, 0.1) is 28.3 Å². The molecule has 0 saturated carbocycles. The molecule has 1 aromatic heterocycles. The number of rotatable bonds is 2. The lowest BCUT2D eigenvalue weighted by molar-refractivity contribution is 0.0971. The van der Waals surface area contributed by atoms with Gasteiger partial charge in [0.15, 0.2) is 5.96 Å². The van der Waals surface area contributed by atoms with Gasteiger partial charge in [-0.25, -0.2) is 4.98 Å². The van der Waals surface area contributed by atoms with Gasteiger partial charge in [-0.3, -0.25) is 24.6 Å². The van der Waals surface area contributed by atoms with Crippen LogP contribution in [0.1, 0.15) is 16.2 Å². The van der Waals surface area contributed by atoms with E-state index in [0.29, 0.717) is 39.6 Å². The van der Waals surface area contributed by atoms with Gasteiger partial charge in [0.1, 0.15) is 11.5 Å². The zero-order valence-corrected chi connectivity index (χ0v) is 18.9. The van der Waals surface area contributed by atoms with Crippen molar-refractivity contribution in [2.75, 3.05) is 12.5 Å². The lowest BCUT2D eigenvalue weighted by Gasteiger charge is -2.02. The first-order valence-corrected chi connectivity index (χ1v) is 11.9. The number of amides is 1. The Kier molecular flexibility index (Phi) is 10.4. The molecular formula is C14H19Cl2N5O7S2. The predicted molar refractivity (Wildman–Crippen MR) is 113 cm³/mol. The molecule has 16 heteroatoms. The monoisotopic (exact) mass is 503 g/mol. The van der Waals surface area contributed by atoms with Gasteiger partial charge >= 0.3 is 0 Å². The molecule has 2 aromatic rings. The van der Waals surface area contributed by atoms with Crippen molar-refractivity contribution in [3.05, 3.63) is 39.6 Å². The maximum absolute atomic E-state index is 11.8. The number of benzene rings is 1. The number of halogens is 2. The molecule has 0 saturated heterocycles. The highest BCUT2D eigenvalue weighted by Gasteiger charge is 2.17. The van der Waals surface area contributed by atoms with Gasteiger partial charge in [-0.05, 0) is 19.1 Å². The molecule has 12 nitrogen and oxygen atoms in total. The second-order valence-corrected chi connectivity index (χ2v) is 9.20. The molecule has 0 radical (unpaired) electrons. The second-order valence-electron chi connectivity index (χ2n) is 5.48. The largest absolute Gasteiger partial charge is 0.370 e. The van der Waals surface area contributed by atoms with E-state index in [2.05, 4.69) is 15.3 Å². The summed E-state index contributed by atoms with van der Waals surface area (Å²) in [5.41, 5.74) is 6.39. The van der Waals surface area contributed by atoms with Crippen molar-refractivity contribution < 1.29 is 30.7 Å². The van der Waals surface area contributed by atoms with E-state index in [4.69, 9.17) is 43.5 Å². The Labute approximate surface area is 182 Å². The fourth-order valence-corrected chi connectivity index (χ4v) is 2.07. The standard InChI is InChI=1S/C12H11Cl2N5O.2CH4O3S/c1-5-9(11(20)19-12(15)16)18-10(17-5)6-3-2-4-7(13)8(6)14;2*1-5(2,3)4/h2-4H,1H3,(H,17,18)(H4,15,16,19,20);2*1H3,(H,2,3,4). The summed E-state index contributed by atoms with van der Waals surface area (Å²) in [5.74, 6) is -0.554. The van der Waals surface area contributed by atoms with E-state index in [0.717, 1.165) is 0 Å². The summed E-state index contributed by atoms with van der Waals surface area (Å²) < 4.78 is 51.7. The quantitative estimate of drug-likeness (QED) is 0.197. The third-order valence-corrected chi connectivity index (χ3v) is 3.39. The van der Waals surface area contributed by atoms with Crippen molar-refractivity contribution in [2.45, 2.75) is 6.92 Å². The fourth-order valence-electron chi connectivity index (χ4n) is 1.68. The minimum absolute atomic E-state index is 0.214. The summed E-state index contributed by atoms with van der Waals surface area (Å²) in [6.07, 6.45) is 1.43. The highest BCUT2D eigenvalue weighted by molar-refractivity contribution is 7.85. The van der Waals surface area contributed by atoms with Crippen LogP contribution < -0.4 is 11.1 Å². The summed E-state index contributed by atoms with van der Waals surface area (Å²) in [4.78, 5) is 18.9. The highest BCUT2D eigenvalue weighted by Crippen LogP contribution is 2.32. The Hall–Kier alpha value is -2.23. The van der Waals surface area contributed by atoms with Gasteiger partial charge in [-0.15, -0.1) is 0 Å². The number of guanidine groups is 1. The van der Waals surface area contributed by atoms with E-state index in [1.54, 1.807) is 25.1 Å². The van der Waals surface area contributed by atoms with E-state index < -0.39 is 32.1 Å². The number of H-pyrrole nitrogens is 1. The molecule has 0 bridgehead atoms. The van der Waals surface area contributed by atoms with Gasteiger partial charge in [0, 0.05) is 5.56 Å². The van der Waals surface area contributed by atoms with Crippen molar-refractivity contribution >= 4 is 55.3 Å². The molecule has 7 N–H and O–H groups in total. The first-order chi connectivity index (χ1) is 13.4. The van der Waals surface area contributed by atoms with E-state index in [9.17, 15) is 21.6 Å². The van der Waals surface area contributed by atoms with E-state index >= 15 is 0 Å². The van der Waals surface area contributed by atoms with Crippen LogP contribution in [0.25, 0.3) is 11.4 Å². The van der Waals surface area contributed by atoms with E-state index in [-0.39, 0.29) is 5.69 Å². The van der Waals surface area contributed by atoms with Crippen LogP contribution in [-0.4, -0.2) is 60.3 Å². The Morgan fingerprint density at radius 3 is 2.07 bits per heavy atom. The van der Waals surface area contributed by atoms with Crippen LogP contribution in [0.4, 0.5) is 0 Å². The smallest absolute Gasteiger partial charge is 0.276 e. The number of hydrogen-bond acceptors (Lipinski definition) is 7. The first-order valence-electron chi connectivity index (χ1n) is 7.41. The van der Waals surface area contributed by atoms with Crippen LogP contribution in [0.2, 0.25) is 10.0 Å². The number of aromatic nitrogens is 2. The molecule has 1 aromatic carbocycles. The summed E-state index contributed by atoms with van der Waals surface area (Å²) in [6, 6.07) is 5.13. The number of carbonyl (C=O) groups excluding carboxylic acids is 1. The molecule has 168 valence electrons. The molecule has 0 unspecified atom stereocenters. The van der Waals surface area contributed by atoms with Gasteiger partial charge in [-0.1, -0.05) is 29.3 Å². The Morgan fingerprint density at radius 2 is 1.63 bits per heavy atom. The van der Waals surface area contributed by atoms with Crippen LogP contribution in [0.3, 0.4) is 0 Å². The number of hydrogen-bond donors (Lipinski definition) is 6. The normalized spacial score (nSPS) is 10.8. The minimum Gasteiger partial charge on any atom is -0.370 e. The fraction of sp³-hybridized carbons (Fsp3) is 0.214. The average molecular weight is 504 g/mol.